The van der Waals surface area contributed by atoms with E-state index in [1.807, 2.05) is 24.0 Å². The Hall–Kier alpha value is -1.19. The van der Waals surface area contributed by atoms with Gasteiger partial charge in [0.15, 0.2) is 0 Å². The van der Waals surface area contributed by atoms with Crippen molar-refractivity contribution in [3.63, 3.8) is 0 Å². The first-order valence-corrected chi connectivity index (χ1v) is 6.08. The number of pyridine rings is 1. The Morgan fingerprint density at radius 3 is 2.82 bits per heavy atom. The molecule has 4 heteroatoms. The fourth-order valence-electron chi connectivity index (χ4n) is 2.84. The zero-order valence-corrected chi connectivity index (χ0v) is 9.92. The normalized spacial score (nSPS) is 30.6. The summed E-state index contributed by atoms with van der Waals surface area (Å²) in [7, 11) is 0. The minimum Gasteiger partial charge on any atom is -0.356 e. The van der Waals surface area contributed by atoms with Crippen molar-refractivity contribution in [3.8, 4) is 0 Å². The maximum absolute atomic E-state index is 13.4. The number of rotatable bonds is 1. The summed E-state index contributed by atoms with van der Waals surface area (Å²) in [5.74, 6) is -1.61. The van der Waals surface area contributed by atoms with Gasteiger partial charge in [0.1, 0.15) is 5.82 Å². The Balaban J connectivity index is 1.81. The summed E-state index contributed by atoms with van der Waals surface area (Å²) in [6.07, 6.45) is 3.30. The monoisotopic (exact) mass is 238 g/mol. The summed E-state index contributed by atoms with van der Waals surface area (Å²) in [5, 5.41) is 0. The molecule has 0 aromatic carbocycles. The molecule has 0 N–H and O–H groups in total. The van der Waals surface area contributed by atoms with Crippen LogP contribution in [0.5, 0.6) is 0 Å². The molecule has 1 spiro atoms. The number of hydrogen-bond acceptors (Lipinski definition) is 2. The SMILES string of the molecule is Cc1ccnc(N2CCCC3(C2)CC3(F)F)c1. The van der Waals surface area contributed by atoms with E-state index in [0.717, 1.165) is 24.3 Å². The summed E-state index contributed by atoms with van der Waals surface area (Å²) in [4.78, 5) is 6.30. The number of nitrogens with zero attached hydrogens (tertiary/aromatic N) is 2. The molecule has 92 valence electrons. The zero-order chi connectivity index (χ0) is 12.1. The van der Waals surface area contributed by atoms with E-state index in [2.05, 4.69) is 4.98 Å². The second-order valence-corrected chi connectivity index (χ2v) is 5.38. The van der Waals surface area contributed by atoms with Crippen LogP contribution in [0.15, 0.2) is 18.3 Å². The highest BCUT2D eigenvalue weighted by molar-refractivity contribution is 5.42. The van der Waals surface area contributed by atoms with Crippen LogP contribution in [0, 0.1) is 12.3 Å². The molecule has 1 saturated heterocycles. The second kappa shape index (κ2) is 3.40. The summed E-state index contributed by atoms with van der Waals surface area (Å²) >= 11 is 0. The van der Waals surface area contributed by atoms with Crippen molar-refractivity contribution in [2.24, 2.45) is 5.41 Å². The van der Waals surface area contributed by atoms with Crippen molar-refractivity contribution < 1.29 is 8.78 Å². The molecule has 1 saturated carbocycles. The molecule has 0 amide bonds. The van der Waals surface area contributed by atoms with Crippen molar-refractivity contribution >= 4 is 5.82 Å². The lowest BCUT2D eigenvalue weighted by molar-refractivity contribution is 0.0575. The van der Waals surface area contributed by atoms with Crippen LogP contribution in [0.4, 0.5) is 14.6 Å². The third-order valence-electron chi connectivity index (χ3n) is 4.01. The summed E-state index contributed by atoms with van der Waals surface area (Å²) in [6.45, 7) is 3.29. The maximum Gasteiger partial charge on any atom is 0.256 e. The number of halogens is 2. The molecule has 1 aliphatic carbocycles. The average molecular weight is 238 g/mol. The van der Waals surface area contributed by atoms with E-state index < -0.39 is 11.3 Å². The van der Waals surface area contributed by atoms with Gasteiger partial charge in [0.2, 0.25) is 0 Å². The lowest BCUT2D eigenvalue weighted by atomic mass is 9.94. The van der Waals surface area contributed by atoms with E-state index in [4.69, 9.17) is 0 Å². The smallest absolute Gasteiger partial charge is 0.256 e. The van der Waals surface area contributed by atoms with Crippen LogP contribution in [0.25, 0.3) is 0 Å². The van der Waals surface area contributed by atoms with Crippen LogP contribution >= 0.6 is 0 Å². The quantitative estimate of drug-likeness (QED) is 0.747. The molecule has 1 unspecified atom stereocenters. The first-order valence-electron chi connectivity index (χ1n) is 6.08. The number of alkyl halides is 2. The number of piperidine rings is 1. The van der Waals surface area contributed by atoms with E-state index in [9.17, 15) is 8.78 Å². The van der Waals surface area contributed by atoms with Crippen LogP contribution in [0.3, 0.4) is 0 Å². The van der Waals surface area contributed by atoms with Gasteiger partial charge in [0.05, 0.1) is 5.41 Å². The predicted octanol–water partition coefficient (Wildman–Crippen LogP) is 3.02. The van der Waals surface area contributed by atoms with Gasteiger partial charge < -0.3 is 4.90 Å². The maximum atomic E-state index is 13.4. The second-order valence-electron chi connectivity index (χ2n) is 5.38. The number of aryl methyl sites for hydroxylation is 1. The first-order chi connectivity index (χ1) is 8.02. The molecule has 2 aliphatic rings. The summed E-state index contributed by atoms with van der Waals surface area (Å²) < 4.78 is 26.8. The van der Waals surface area contributed by atoms with Crippen molar-refractivity contribution in [1.29, 1.82) is 0 Å². The third-order valence-corrected chi connectivity index (χ3v) is 4.01. The van der Waals surface area contributed by atoms with Gasteiger partial charge in [-0.25, -0.2) is 13.8 Å². The van der Waals surface area contributed by atoms with Crippen LogP contribution < -0.4 is 4.90 Å². The average Bonchev–Trinajstić information content (AvgIpc) is 2.79. The van der Waals surface area contributed by atoms with Crippen molar-refractivity contribution in [1.82, 2.24) is 4.98 Å². The Kier molecular flexibility index (Phi) is 2.19. The minimum atomic E-state index is -2.45. The van der Waals surface area contributed by atoms with E-state index in [-0.39, 0.29) is 6.42 Å². The lowest BCUT2D eigenvalue weighted by Gasteiger charge is -2.34. The van der Waals surface area contributed by atoms with E-state index >= 15 is 0 Å². The molecule has 1 atom stereocenters. The molecule has 2 fully saturated rings. The lowest BCUT2D eigenvalue weighted by Crippen LogP contribution is -2.39. The molecular weight excluding hydrogens is 222 g/mol. The Morgan fingerprint density at radius 1 is 1.41 bits per heavy atom. The zero-order valence-electron chi connectivity index (χ0n) is 9.92. The molecule has 17 heavy (non-hydrogen) atoms. The number of hydrogen-bond donors (Lipinski definition) is 0. The topological polar surface area (TPSA) is 16.1 Å². The van der Waals surface area contributed by atoms with Gasteiger partial charge >= 0.3 is 0 Å². The highest BCUT2D eigenvalue weighted by Crippen LogP contribution is 2.64. The van der Waals surface area contributed by atoms with Crippen LogP contribution in [-0.4, -0.2) is 24.0 Å². The molecule has 1 aliphatic heterocycles. The molecule has 0 radical (unpaired) electrons. The number of aromatic nitrogens is 1. The highest BCUT2D eigenvalue weighted by atomic mass is 19.3. The molecule has 2 nitrogen and oxygen atoms in total. The predicted molar refractivity (Wildman–Crippen MR) is 62.4 cm³/mol. The van der Waals surface area contributed by atoms with Gasteiger partial charge in [-0.15, -0.1) is 0 Å². The van der Waals surface area contributed by atoms with Crippen molar-refractivity contribution in [2.45, 2.75) is 32.1 Å². The Bertz CT molecular complexity index is 447. The minimum absolute atomic E-state index is 0.0579. The van der Waals surface area contributed by atoms with Gasteiger partial charge in [-0.1, -0.05) is 0 Å². The highest BCUT2D eigenvalue weighted by Gasteiger charge is 2.71. The van der Waals surface area contributed by atoms with Gasteiger partial charge in [-0.05, 0) is 37.5 Å². The van der Waals surface area contributed by atoms with Gasteiger partial charge in [-0.3, -0.25) is 0 Å². The molecule has 3 rings (SSSR count). The molecule has 2 heterocycles. The molecule has 1 aromatic rings. The van der Waals surface area contributed by atoms with Gasteiger partial charge in [-0.2, -0.15) is 0 Å². The number of anilines is 1. The van der Waals surface area contributed by atoms with Crippen LogP contribution in [0.2, 0.25) is 0 Å². The largest absolute Gasteiger partial charge is 0.356 e. The van der Waals surface area contributed by atoms with Crippen LogP contribution in [0.1, 0.15) is 24.8 Å². The van der Waals surface area contributed by atoms with E-state index in [1.54, 1.807) is 6.20 Å². The summed E-state index contributed by atoms with van der Waals surface area (Å²) in [6, 6.07) is 3.90. The Labute approximate surface area is 99.6 Å². The van der Waals surface area contributed by atoms with Gasteiger partial charge in [0, 0.05) is 25.7 Å². The third kappa shape index (κ3) is 1.70. The molecule has 0 bridgehead atoms. The standard InChI is InChI=1S/C13H16F2N2/c1-10-3-5-16-11(7-10)17-6-2-4-12(9-17)8-13(12,14)15/h3,5,7H,2,4,6,8-9H2,1H3. The fourth-order valence-corrected chi connectivity index (χ4v) is 2.84. The van der Waals surface area contributed by atoms with Crippen molar-refractivity contribution in [3.05, 3.63) is 23.9 Å². The summed E-state index contributed by atoms with van der Waals surface area (Å²) in [5.41, 5.74) is 0.369. The van der Waals surface area contributed by atoms with E-state index in [0.29, 0.717) is 13.0 Å². The fraction of sp³-hybridized carbons (Fsp3) is 0.615. The Morgan fingerprint density at radius 2 is 2.18 bits per heavy atom. The van der Waals surface area contributed by atoms with Crippen LogP contribution in [-0.2, 0) is 0 Å². The van der Waals surface area contributed by atoms with Crippen molar-refractivity contribution in [2.75, 3.05) is 18.0 Å². The van der Waals surface area contributed by atoms with E-state index in [1.165, 1.54) is 0 Å². The molecule has 1 aromatic heterocycles. The molecular formula is C13H16F2N2. The van der Waals surface area contributed by atoms with Gasteiger partial charge in [0.25, 0.3) is 5.92 Å². The first kappa shape index (κ1) is 10.9.